The van der Waals surface area contributed by atoms with Crippen LogP contribution in [0.4, 0.5) is 0 Å². The summed E-state index contributed by atoms with van der Waals surface area (Å²) in [5.41, 5.74) is 0. The molecule has 0 aromatic carbocycles. The molecule has 438 valence electrons. The third-order valence-corrected chi connectivity index (χ3v) is 15.8. The highest BCUT2D eigenvalue weighted by Crippen LogP contribution is 2.19. The summed E-state index contributed by atoms with van der Waals surface area (Å²) in [4.78, 5) is 24.6. The average Bonchev–Trinajstić information content (AvgIpc) is 3.40. The summed E-state index contributed by atoms with van der Waals surface area (Å²) in [6.07, 6.45) is 79.2. The van der Waals surface area contributed by atoms with Crippen molar-refractivity contribution in [3.8, 4) is 0 Å². The topological polar surface area (TPSA) is 95.9 Å². The Morgan fingerprint density at radius 2 is 0.662 bits per heavy atom. The fourth-order valence-electron chi connectivity index (χ4n) is 10.6. The molecule has 0 aromatic heterocycles. The van der Waals surface area contributed by atoms with Crippen molar-refractivity contribution in [2.75, 3.05) is 13.2 Å². The van der Waals surface area contributed by atoms with Crippen LogP contribution in [-0.4, -0.2) is 47.4 Å². The molecule has 3 N–H and O–H groups in total. The molecule has 0 aliphatic rings. The molecule has 0 spiro atoms. The van der Waals surface area contributed by atoms with Gasteiger partial charge in [0.05, 0.1) is 25.4 Å². The number of unbranched alkanes of at least 4 members (excludes halogenated alkanes) is 49. The Balaban J connectivity index is 3.46. The molecule has 0 rings (SSSR count). The number of amides is 1. The number of aliphatic hydroxyl groups excluding tert-OH is 2. The van der Waals surface area contributed by atoms with Crippen molar-refractivity contribution < 1.29 is 24.5 Å². The Kier molecular flexibility index (Phi) is 62.4. The van der Waals surface area contributed by atoms with Gasteiger partial charge in [0.15, 0.2) is 0 Å². The maximum atomic E-state index is 12.5. The lowest BCUT2D eigenvalue weighted by Crippen LogP contribution is -2.45. The number of aliphatic hydroxyl groups is 2. The summed E-state index contributed by atoms with van der Waals surface area (Å²) in [5.74, 6) is -0.0513. The zero-order valence-corrected chi connectivity index (χ0v) is 50.1. The largest absolute Gasteiger partial charge is 0.466 e. The fourth-order valence-corrected chi connectivity index (χ4v) is 10.6. The molecule has 2 unspecified atom stereocenters. The van der Waals surface area contributed by atoms with Crippen LogP contribution in [0.2, 0.25) is 0 Å². The van der Waals surface area contributed by atoms with Crippen molar-refractivity contribution in [2.24, 2.45) is 0 Å². The van der Waals surface area contributed by atoms with Gasteiger partial charge in [-0.2, -0.15) is 0 Å². The molecule has 0 fully saturated rings. The van der Waals surface area contributed by atoms with Crippen molar-refractivity contribution >= 4 is 11.9 Å². The van der Waals surface area contributed by atoms with Gasteiger partial charge >= 0.3 is 5.97 Å². The molecule has 74 heavy (non-hydrogen) atoms. The van der Waals surface area contributed by atoms with Crippen LogP contribution < -0.4 is 5.32 Å². The highest BCUT2D eigenvalue weighted by Gasteiger charge is 2.20. The second-order valence-electron chi connectivity index (χ2n) is 23.2. The second-order valence-corrected chi connectivity index (χ2v) is 23.2. The Hall–Kier alpha value is -1.66. The van der Waals surface area contributed by atoms with Crippen molar-refractivity contribution in [1.82, 2.24) is 5.32 Å². The smallest absolute Gasteiger partial charge is 0.305 e. The maximum absolute atomic E-state index is 12.5. The lowest BCUT2D eigenvalue weighted by molar-refractivity contribution is -0.143. The van der Waals surface area contributed by atoms with Crippen molar-refractivity contribution in [3.05, 3.63) is 24.3 Å². The predicted molar refractivity (Wildman–Crippen MR) is 324 cm³/mol. The van der Waals surface area contributed by atoms with Crippen LogP contribution in [0.25, 0.3) is 0 Å². The van der Waals surface area contributed by atoms with E-state index in [2.05, 4.69) is 43.5 Å². The molecular weight excluding hydrogens is 911 g/mol. The van der Waals surface area contributed by atoms with Crippen molar-refractivity contribution in [3.63, 3.8) is 0 Å². The van der Waals surface area contributed by atoms with Gasteiger partial charge in [-0.1, -0.05) is 327 Å². The number of rotatable bonds is 63. The van der Waals surface area contributed by atoms with Gasteiger partial charge in [-0.25, -0.2) is 0 Å². The first-order valence-corrected chi connectivity index (χ1v) is 33.6. The first-order chi connectivity index (χ1) is 36.5. The number of carbonyl (C=O) groups is 2. The molecule has 0 aromatic rings. The molecule has 0 heterocycles. The first-order valence-electron chi connectivity index (χ1n) is 33.6. The molecule has 6 heteroatoms. The highest BCUT2D eigenvalue weighted by molar-refractivity contribution is 5.76. The summed E-state index contributed by atoms with van der Waals surface area (Å²) in [5, 5.41) is 23.4. The highest BCUT2D eigenvalue weighted by atomic mass is 16.5. The van der Waals surface area contributed by atoms with E-state index in [1.807, 2.05) is 0 Å². The molecule has 2 atom stereocenters. The maximum Gasteiger partial charge on any atom is 0.305 e. The van der Waals surface area contributed by atoms with Crippen LogP contribution in [-0.2, 0) is 14.3 Å². The normalized spacial score (nSPS) is 12.6. The third-order valence-electron chi connectivity index (χ3n) is 15.8. The Bertz CT molecular complexity index is 1150. The van der Waals surface area contributed by atoms with Gasteiger partial charge in [-0.05, 0) is 57.8 Å². The average molecular weight is 1040 g/mol. The lowest BCUT2D eigenvalue weighted by Gasteiger charge is -2.22. The van der Waals surface area contributed by atoms with Crippen LogP contribution in [0.1, 0.15) is 373 Å². The van der Waals surface area contributed by atoms with E-state index < -0.39 is 12.1 Å². The summed E-state index contributed by atoms with van der Waals surface area (Å²) in [6.45, 7) is 4.94. The van der Waals surface area contributed by atoms with E-state index in [-0.39, 0.29) is 18.5 Å². The second kappa shape index (κ2) is 63.9. The molecule has 1 amide bonds. The number of esters is 1. The number of hydrogen-bond acceptors (Lipinski definition) is 5. The Morgan fingerprint density at radius 1 is 0.378 bits per heavy atom. The Labute approximate surface area is 462 Å². The first kappa shape index (κ1) is 72.3. The van der Waals surface area contributed by atoms with Gasteiger partial charge in [-0.3, -0.25) is 9.59 Å². The minimum Gasteiger partial charge on any atom is -0.466 e. The molecule has 0 saturated carbocycles. The minimum atomic E-state index is -0.673. The van der Waals surface area contributed by atoms with Gasteiger partial charge < -0.3 is 20.3 Å². The molecule has 0 radical (unpaired) electrons. The molecule has 0 bridgehead atoms. The number of allylic oxidation sites excluding steroid dienone is 4. The van der Waals surface area contributed by atoms with E-state index in [1.54, 1.807) is 0 Å². The van der Waals surface area contributed by atoms with Crippen LogP contribution in [0.15, 0.2) is 24.3 Å². The van der Waals surface area contributed by atoms with Crippen LogP contribution in [0.5, 0.6) is 0 Å². The molecule has 0 aliphatic heterocycles. The van der Waals surface area contributed by atoms with E-state index >= 15 is 0 Å². The summed E-state index contributed by atoms with van der Waals surface area (Å²) >= 11 is 0. The minimum absolute atomic E-state index is 0.0109. The van der Waals surface area contributed by atoms with Gasteiger partial charge in [-0.15, -0.1) is 0 Å². The van der Waals surface area contributed by atoms with Gasteiger partial charge in [0, 0.05) is 12.8 Å². The van der Waals surface area contributed by atoms with E-state index in [1.165, 1.54) is 270 Å². The van der Waals surface area contributed by atoms with E-state index in [0.29, 0.717) is 25.9 Å². The summed E-state index contributed by atoms with van der Waals surface area (Å²) < 4.78 is 5.45. The molecule has 0 aliphatic carbocycles. The molecular formula is C68H131NO5. The standard InChI is InChI=1S/C68H131NO5/c1-3-5-7-9-11-13-15-17-18-19-20-21-22-23-24-25-27-30-33-37-40-44-48-52-56-60-66(71)65(64-70)69-67(72)61-57-53-49-45-41-38-34-31-28-26-29-32-35-39-43-47-51-55-59-63-74-68(73)62-58-54-50-46-42-36-16-14-12-10-8-6-4-2/h32,35,39,43,65-66,70-71H,3-31,33-34,36-38,40-42,44-64H2,1-2H3,(H,69,72)/b35-32-,43-39-. The monoisotopic (exact) mass is 1040 g/mol. The number of carbonyl (C=O) groups excluding carboxylic acids is 2. The zero-order chi connectivity index (χ0) is 53.6. The summed E-state index contributed by atoms with van der Waals surface area (Å²) in [7, 11) is 0. The third kappa shape index (κ3) is 59.6. The fraction of sp³-hybridized carbons (Fsp3) is 0.912. The quantitative estimate of drug-likeness (QED) is 0.0320. The van der Waals surface area contributed by atoms with E-state index in [9.17, 15) is 19.8 Å². The Morgan fingerprint density at radius 3 is 1.00 bits per heavy atom. The molecule has 6 nitrogen and oxygen atoms in total. The van der Waals surface area contributed by atoms with Crippen LogP contribution in [0, 0.1) is 0 Å². The van der Waals surface area contributed by atoms with Gasteiger partial charge in [0.1, 0.15) is 0 Å². The van der Waals surface area contributed by atoms with Crippen molar-refractivity contribution in [2.45, 2.75) is 386 Å². The zero-order valence-electron chi connectivity index (χ0n) is 50.1. The van der Waals surface area contributed by atoms with Gasteiger partial charge in [0.2, 0.25) is 5.91 Å². The molecule has 0 saturated heterocycles. The predicted octanol–water partition coefficient (Wildman–Crippen LogP) is 21.4. The van der Waals surface area contributed by atoms with Crippen LogP contribution >= 0.6 is 0 Å². The van der Waals surface area contributed by atoms with Crippen LogP contribution in [0.3, 0.4) is 0 Å². The van der Waals surface area contributed by atoms with E-state index in [4.69, 9.17) is 4.74 Å². The van der Waals surface area contributed by atoms with Crippen molar-refractivity contribution in [1.29, 1.82) is 0 Å². The van der Waals surface area contributed by atoms with Gasteiger partial charge in [0.25, 0.3) is 0 Å². The number of nitrogens with one attached hydrogen (secondary N) is 1. The number of hydrogen-bond donors (Lipinski definition) is 3. The SMILES string of the molecule is CCCCCCCCCCCCCCCCCCCCCCCCCCCC(O)C(CO)NC(=O)CCCCCCCCCCCC/C=C\C=C/CCCCCOC(=O)CCCCCCCCCCCCCCC. The number of ether oxygens (including phenoxy) is 1. The lowest BCUT2D eigenvalue weighted by atomic mass is 10.0. The summed E-state index contributed by atoms with van der Waals surface area (Å²) in [6, 6.07) is -0.550. The van der Waals surface area contributed by atoms with E-state index in [0.717, 1.165) is 70.6 Å².